The molecule has 2 N–H and O–H groups in total. The zero-order chi connectivity index (χ0) is 22.5. The Bertz CT molecular complexity index is 474. The van der Waals surface area contributed by atoms with Crippen LogP contribution in [0.4, 0.5) is 0 Å². The van der Waals surface area contributed by atoms with Gasteiger partial charge in [-0.25, -0.2) is 0 Å². The van der Waals surface area contributed by atoms with Crippen molar-refractivity contribution in [2.24, 2.45) is 22.7 Å². The molecule has 0 fully saturated rings. The molecular formula is C24H46O5. The lowest BCUT2D eigenvalue weighted by Gasteiger charge is -2.32. The van der Waals surface area contributed by atoms with E-state index in [0.29, 0.717) is 38.4 Å². The largest absolute Gasteiger partial charge is 0.481 e. The molecule has 0 radical (unpaired) electrons. The standard InChI is InChI=1S/C24H46O5/c1-7-23(21(25)26,18-19(3)4)14-10-9-12-16-29-17-13-11-15-24(8-2,20(5)6)22(27)28/h19-20H,7-18H2,1-6H3,(H,25,26)(H,27,28). The summed E-state index contributed by atoms with van der Waals surface area (Å²) in [5.74, 6) is -0.825. The number of carboxylic acids is 2. The lowest BCUT2D eigenvalue weighted by atomic mass is 9.71. The van der Waals surface area contributed by atoms with Crippen LogP contribution in [0, 0.1) is 22.7 Å². The van der Waals surface area contributed by atoms with Crippen LogP contribution in [-0.4, -0.2) is 35.4 Å². The highest BCUT2D eigenvalue weighted by atomic mass is 16.5. The molecule has 0 aliphatic carbocycles. The first kappa shape index (κ1) is 27.9. The molecule has 0 bridgehead atoms. The van der Waals surface area contributed by atoms with Gasteiger partial charge in [-0.2, -0.15) is 0 Å². The van der Waals surface area contributed by atoms with Gasteiger partial charge in [0.05, 0.1) is 10.8 Å². The van der Waals surface area contributed by atoms with Crippen LogP contribution in [-0.2, 0) is 14.3 Å². The Kier molecular flexibility index (Phi) is 13.5. The zero-order valence-corrected chi connectivity index (χ0v) is 19.8. The molecule has 0 aliphatic heterocycles. The summed E-state index contributed by atoms with van der Waals surface area (Å²) >= 11 is 0. The molecule has 0 aromatic heterocycles. The van der Waals surface area contributed by atoms with Gasteiger partial charge in [-0.05, 0) is 56.8 Å². The summed E-state index contributed by atoms with van der Waals surface area (Å²) in [4.78, 5) is 23.5. The third-order valence-electron chi connectivity index (χ3n) is 6.70. The van der Waals surface area contributed by atoms with E-state index in [0.717, 1.165) is 44.9 Å². The zero-order valence-electron chi connectivity index (χ0n) is 19.8. The summed E-state index contributed by atoms with van der Waals surface area (Å²) in [5.41, 5.74) is -1.20. The third kappa shape index (κ3) is 9.06. The molecule has 0 rings (SSSR count). The van der Waals surface area contributed by atoms with Crippen molar-refractivity contribution < 1.29 is 24.5 Å². The van der Waals surface area contributed by atoms with Gasteiger partial charge in [-0.1, -0.05) is 60.8 Å². The fourth-order valence-corrected chi connectivity index (χ4v) is 4.52. The molecule has 0 aromatic rings. The second-order valence-electron chi connectivity index (χ2n) is 9.39. The maximum Gasteiger partial charge on any atom is 0.309 e. The topological polar surface area (TPSA) is 83.8 Å². The second-order valence-corrected chi connectivity index (χ2v) is 9.39. The van der Waals surface area contributed by atoms with Gasteiger partial charge in [0.1, 0.15) is 0 Å². The van der Waals surface area contributed by atoms with E-state index >= 15 is 0 Å². The van der Waals surface area contributed by atoms with E-state index < -0.39 is 22.8 Å². The highest BCUT2D eigenvalue weighted by molar-refractivity contribution is 5.75. The Morgan fingerprint density at radius 2 is 1.34 bits per heavy atom. The molecule has 0 aromatic carbocycles. The van der Waals surface area contributed by atoms with Gasteiger partial charge >= 0.3 is 11.9 Å². The highest BCUT2D eigenvalue weighted by Crippen LogP contribution is 2.37. The monoisotopic (exact) mass is 414 g/mol. The van der Waals surface area contributed by atoms with E-state index in [1.54, 1.807) is 0 Å². The third-order valence-corrected chi connectivity index (χ3v) is 6.70. The van der Waals surface area contributed by atoms with Crippen LogP contribution in [0.3, 0.4) is 0 Å². The van der Waals surface area contributed by atoms with Crippen LogP contribution >= 0.6 is 0 Å². The molecule has 0 saturated carbocycles. The van der Waals surface area contributed by atoms with Crippen LogP contribution in [0.15, 0.2) is 0 Å². The summed E-state index contributed by atoms with van der Waals surface area (Å²) in [5, 5.41) is 19.3. The molecule has 5 nitrogen and oxygen atoms in total. The molecular weight excluding hydrogens is 368 g/mol. The number of aliphatic carboxylic acids is 2. The van der Waals surface area contributed by atoms with Gasteiger partial charge in [0.2, 0.25) is 0 Å². The Hall–Kier alpha value is -1.10. The minimum absolute atomic E-state index is 0.127. The average Bonchev–Trinajstić information content (AvgIpc) is 2.64. The van der Waals surface area contributed by atoms with Crippen LogP contribution in [0.25, 0.3) is 0 Å². The summed E-state index contributed by atoms with van der Waals surface area (Å²) < 4.78 is 5.71. The number of carboxylic acid groups (broad SMARTS) is 2. The number of unbranched alkanes of at least 4 members (excludes halogenated alkanes) is 3. The molecule has 0 heterocycles. The Balaban J connectivity index is 4.04. The van der Waals surface area contributed by atoms with Crippen LogP contribution < -0.4 is 0 Å². The van der Waals surface area contributed by atoms with E-state index in [4.69, 9.17) is 4.74 Å². The van der Waals surface area contributed by atoms with Crippen molar-refractivity contribution >= 4 is 11.9 Å². The normalized spacial score (nSPS) is 16.0. The van der Waals surface area contributed by atoms with Crippen molar-refractivity contribution in [2.75, 3.05) is 13.2 Å². The van der Waals surface area contributed by atoms with Crippen LogP contribution in [0.5, 0.6) is 0 Å². The molecule has 0 aliphatic rings. The Morgan fingerprint density at radius 1 is 0.793 bits per heavy atom. The van der Waals surface area contributed by atoms with Gasteiger partial charge in [0.15, 0.2) is 0 Å². The predicted molar refractivity (Wildman–Crippen MR) is 118 cm³/mol. The van der Waals surface area contributed by atoms with E-state index in [1.165, 1.54) is 0 Å². The molecule has 172 valence electrons. The summed E-state index contributed by atoms with van der Waals surface area (Å²) in [7, 11) is 0. The first-order chi connectivity index (χ1) is 13.6. The SMILES string of the molecule is CCC(CCCCCOCCCCC(CC)(C(=O)O)C(C)C)(CC(C)C)C(=O)O. The number of rotatable bonds is 18. The maximum absolute atomic E-state index is 11.8. The quantitative estimate of drug-likeness (QED) is 0.254. The van der Waals surface area contributed by atoms with Crippen molar-refractivity contribution in [1.82, 2.24) is 0 Å². The molecule has 2 unspecified atom stereocenters. The lowest BCUT2D eigenvalue weighted by Crippen LogP contribution is -2.35. The molecule has 0 amide bonds. The van der Waals surface area contributed by atoms with Gasteiger partial charge < -0.3 is 14.9 Å². The fraction of sp³-hybridized carbons (Fsp3) is 0.917. The molecule has 29 heavy (non-hydrogen) atoms. The van der Waals surface area contributed by atoms with E-state index in [1.807, 2.05) is 27.7 Å². The Labute approximate surface area is 178 Å². The average molecular weight is 415 g/mol. The van der Waals surface area contributed by atoms with Crippen molar-refractivity contribution in [3.05, 3.63) is 0 Å². The molecule has 2 atom stereocenters. The first-order valence-corrected chi connectivity index (χ1v) is 11.6. The van der Waals surface area contributed by atoms with E-state index in [9.17, 15) is 19.8 Å². The van der Waals surface area contributed by atoms with Crippen LogP contribution in [0.2, 0.25) is 0 Å². The van der Waals surface area contributed by atoms with Crippen molar-refractivity contribution in [2.45, 2.75) is 106 Å². The summed E-state index contributed by atoms with van der Waals surface area (Å²) in [6.45, 7) is 13.5. The number of carbonyl (C=O) groups is 2. The number of ether oxygens (including phenoxy) is 1. The highest BCUT2D eigenvalue weighted by Gasteiger charge is 2.39. The van der Waals surface area contributed by atoms with Crippen molar-refractivity contribution in [3.63, 3.8) is 0 Å². The fourth-order valence-electron chi connectivity index (χ4n) is 4.52. The predicted octanol–water partition coefficient (Wildman–Crippen LogP) is 6.40. The van der Waals surface area contributed by atoms with Crippen molar-refractivity contribution in [3.8, 4) is 0 Å². The smallest absolute Gasteiger partial charge is 0.309 e. The molecule has 0 saturated heterocycles. The number of hydrogen-bond acceptors (Lipinski definition) is 3. The lowest BCUT2D eigenvalue weighted by molar-refractivity contribution is -0.153. The minimum atomic E-state index is -0.682. The van der Waals surface area contributed by atoms with Crippen molar-refractivity contribution in [1.29, 1.82) is 0 Å². The maximum atomic E-state index is 11.8. The van der Waals surface area contributed by atoms with E-state index in [2.05, 4.69) is 13.8 Å². The van der Waals surface area contributed by atoms with Gasteiger partial charge in [0.25, 0.3) is 0 Å². The molecule has 5 heteroatoms. The van der Waals surface area contributed by atoms with Crippen LogP contribution in [0.1, 0.15) is 106 Å². The van der Waals surface area contributed by atoms with E-state index in [-0.39, 0.29) is 5.92 Å². The van der Waals surface area contributed by atoms with Gasteiger partial charge in [-0.3, -0.25) is 9.59 Å². The Morgan fingerprint density at radius 3 is 1.76 bits per heavy atom. The minimum Gasteiger partial charge on any atom is -0.481 e. The summed E-state index contributed by atoms with van der Waals surface area (Å²) in [6.07, 6.45) is 8.11. The number of hydrogen-bond donors (Lipinski definition) is 2. The van der Waals surface area contributed by atoms with Gasteiger partial charge in [-0.15, -0.1) is 0 Å². The first-order valence-electron chi connectivity index (χ1n) is 11.6. The summed E-state index contributed by atoms with van der Waals surface area (Å²) in [6, 6.07) is 0. The van der Waals surface area contributed by atoms with Gasteiger partial charge in [0, 0.05) is 13.2 Å². The molecule has 0 spiro atoms. The second kappa shape index (κ2) is 14.0.